The monoisotopic (exact) mass is 379 g/mol. The Kier molecular flexibility index (Phi) is 7.47. The van der Waals surface area contributed by atoms with E-state index in [0.29, 0.717) is 10.8 Å². The van der Waals surface area contributed by atoms with Gasteiger partial charge in [0.15, 0.2) is 0 Å². The zero-order valence-electron chi connectivity index (χ0n) is 14.5. The van der Waals surface area contributed by atoms with Crippen molar-refractivity contribution < 1.29 is 14.3 Å². The molecule has 0 unspecified atom stereocenters. The number of benzene rings is 2. The van der Waals surface area contributed by atoms with Crippen molar-refractivity contribution in [3.8, 4) is 11.5 Å². The number of ether oxygens (including phenoxy) is 2. The van der Waals surface area contributed by atoms with Crippen LogP contribution in [0.1, 0.15) is 24.1 Å². The molecule has 2 aromatic rings. The van der Waals surface area contributed by atoms with E-state index in [-0.39, 0.29) is 11.9 Å². The van der Waals surface area contributed by atoms with Crippen molar-refractivity contribution in [3.63, 3.8) is 0 Å². The van der Waals surface area contributed by atoms with Gasteiger partial charge in [0, 0.05) is 16.3 Å². The Morgan fingerprint density at radius 3 is 2.68 bits per heavy atom. The summed E-state index contributed by atoms with van der Waals surface area (Å²) in [7, 11) is 3.22. The molecule has 4 nitrogen and oxygen atoms in total. The first kappa shape index (κ1) is 19.5. The van der Waals surface area contributed by atoms with E-state index in [2.05, 4.69) is 5.32 Å². The van der Waals surface area contributed by atoms with Crippen LogP contribution in [0.3, 0.4) is 0 Å². The maximum atomic E-state index is 12.2. The summed E-state index contributed by atoms with van der Waals surface area (Å²) in [6.45, 7) is 1.93. The maximum Gasteiger partial charge on any atom is 0.230 e. The van der Waals surface area contributed by atoms with Crippen molar-refractivity contribution in [1.82, 2.24) is 5.32 Å². The van der Waals surface area contributed by atoms with Gasteiger partial charge < -0.3 is 14.8 Å². The van der Waals surface area contributed by atoms with Crippen molar-refractivity contribution in [2.24, 2.45) is 0 Å². The molecule has 0 heterocycles. The van der Waals surface area contributed by atoms with E-state index in [1.807, 2.05) is 49.4 Å². The highest BCUT2D eigenvalue weighted by Gasteiger charge is 2.15. The Morgan fingerprint density at radius 2 is 2.00 bits per heavy atom. The van der Waals surface area contributed by atoms with Crippen molar-refractivity contribution in [2.45, 2.75) is 18.7 Å². The number of thioether (sulfide) groups is 1. The molecule has 2 aromatic carbocycles. The smallest absolute Gasteiger partial charge is 0.230 e. The van der Waals surface area contributed by atoms with Crippen LogP contribution in [0.15, 0.2) is 42.5 Å². The molecule has 0 fully saturated rings. The molecule has 0 saturated heterocycles. The Hall–Kier alpha value is -1.85. The van der Waals surface area contributed by atoms with E-state index in [9.17, 15) is 4.79 Å². The Bertz CT molecular complexity index is 724. The van der Waals surface area contributed by atoms with Gasteiger partial charge >= 0.3 is 0 Å². The molecule has 0 spiro atoms. The normalized spacial score (nSPS) is 11.7. The topological polar surface area (TPSA) is 47.6 Å². The van der Waals surface area contributed by atoms with Crippen molar-refractivity contribution in [2.75, 3.05) is 20.0 Å². The number of halogens is 1. The maximum absolute atomic E-state index is 12.2. The molecular formula is C19H22ClNO3S. The van der Waals surface area contributed by atoms with E-state index < -0.39 is 0 Å². The van der Waals surface area contributed by atoms with Crippen LogP contribution in [-0.4, -0.2) is 25.9 Å². The Balaban J connectivity index is 1.89. The molecule has 0 saturated carbocycles. The fraction of sp³-hybridized carbons (Fsp3) is 0.316. The van der Waals surface area contributed by atoms with E-state index in [1.54, 1.807) is 26.0 Å². The molecule has 1 N–H and O–H groups in total. The summed E-state index contributed by atoms with van der Waals surface area (Å²) < 4.78 is 10.6. The molecule has 0 aromatic heterocycles. The average molecular weight is 380 g/mol. The first-order valence-electron chi connectivity index (χ1n) is 7.87. The Labute approximate surface area is 157 Å². The van der Waals surface area contributed by atoms with Gasteiger partial charge in [-0.1, -0.05) is 23.7 Å². The number of carbonyl (C=O) groups excluding carboxylic acids is 1. The van der Waals surface area contributed by atoms with Gasteiger partial charge in [-0.3, -0.25) is 4.79 Å². The quantitative estimate of drug-likeness (QED) is 0.735. The van der Waals surface area contributed by atoms with Crippen molar-refractivity contribution in [1.29, 1.82) is 0 Å². The number of hydrogen-bond donors (Lipinski definition) is 1. The third-order valence-corrected chi connectivity index (χ3v) is 4.91. The van der Waals surface area contributed by atoms with Gasteiger partial charge in [-0.2, -0.15) is 0 Å². The predicted octanol–water partition coefficient (Wildman–Crippen LogP) is 4.47. The molecule has 0 radical (unpaired) electrons. The first-order valence-corrected chi connectivity index (χ1v) is 9.40. The predicted molar refractivity (Wildman–Crippen MR) is 104 cm³/mol. The molecule has 0 aliphatic rings. The SMILES string of the molecule is COc1ccc(OC)c([C@H](C)NC(=O)CSCc2cccc(Cl)c2)c1. The van der Waals surface area contributed by atoms with Gasteiger partial charge in [0.25, 0.3) is 0 Å². The van der Waals surface area contributed by atoms with Crippen LogP contribution < -0.4 is 14.8 Å². The number of rotatable bonds is 8. The zero-order chi connectivity index (χ0) is 18.2. The number of nitrogens with one attached hydrogen (secondary N) is 1. The van der Waals surface area contributed by atoms with E-state index in [1.165, 1.54) is 0 Å². The number of methoxy groups -OCH3 is 2. The molecular weight excluding hydrogens is 358 g/mol. The second kappa shape index (κ2) is 9.59. The second-order valence-electron chi connectivity index (χ2n) is 5.52. The van der Waals surface area contributed by atoms with E-state index >= 15 is 0 Å². The zero-order valence-corrected chi connectivity index (χ0v) is 16.1. The van der Waals surface area contributed by atoms with Gasteiger partial charge in [0.2, 0.25) is 5.91 Å². The summed E-state index contributed by atoms with van der Waals surface area (Å²) in [6.07, 6.45) is 0. The molecule has 0 bridgehead atoms. The summed E-state index contributed by atoms with van der Waals surface area (Å²) in [4.78, 5) is 12.2. The van der Waals surface area contributed by atoms with Gasteiger partial charge in [-0.05, 0) is 42.8 Å². The fourth-order valence-electron chi connectivity index (χ4n) is 2.43. The summed E-state index contributed by atoms with van der Waals surface area (Å²) in [5.41, 5.74) is 1.99. The third-order valence-electron chi connectivity index (χ3n) is 3.67. The van der Waals surface area contributed by atoms with Crippen LogP contribution in [0.4, 0.5) is 0 Å². The lowest BCUT2D eigenvalue weighted by atomic mass is 10.1. The molecule has 134 valence electrons. The largest absolute Gasteiger partial charge is 0.497 e. The average Bonchev–Trinajstić information content (AvgIpc) is 2.61. The Morgan fingerprint density at radius 1 is 1.20 bits per heavy atom. The molecule has 25 heavy (non-hydrogen) atoms. The lowest BCUT2D eigenvalue weighted by Gasteiger charge is -2.18. The highest BCUT2D eigenvalue weighted by Crippen LogP contribution is 2.29. The van der Waals surface area contributed by atoms with Crippen LogP contribution in [0.5, 0.6) is 11.5 Å². The van der Waals surface area contributed by atoms with Gasteiger partial charge in [-0.25, -0.2) is 0 Å². The summed E-state index contributed by atoms with van der Waals surface area (Å²) >= 11 is 7.52. The minimum Gasteiger partial charge on any atom is -0.497 e. The van der Waals surface area contributed by atoms with Gasteiger partial charge in [-0.15, -0.1) is 11.8 Å². The van der Waals surface area contributed by atoms with Gasteiger partial charge in [0.1, 0.15) is 11.5 Å². The molecule has 0 aliphatic carbocycles. The van der Waals surface area contributed by atoms with Crippen molar-refractivity contribution >= 4 is 29.3 Å². The van der Waals surface area contributed by atoms with Crippen LogP contribution in [0.25, 0.3) is 0 Å². The number of amides is 1. The fourth-order valence-corrected chi connectivity index (χ4v) is 3.43. The highest BCUT2D eigenvalue weighted by atomic mass is 35.5. The standard InChI is InChI=1S/C19H22ClNO3S/c1-13(17-10-16(23-2)7-8-18(17)24-3)21-19(22)12-25-11-14-5-4-6-15(20)9-14/h4-10,13H,11-12H2,1-3H3,(H,21,22)/t13-/m0/s1. The summed E-state index contributed by atoms with van der Waals surface area (Å²) in [6, 6.07) is 13.0. The lowest BCUT2D eigenvalue weighted by Crippen LogP contribution is -2.28. The minimum atomic E-state index is -0.177. The molecule has 1 atom stereocenters. The van der Waals surface area contributed by atoms with Gasteiger partial charge in [0.05, 0.1) is 26.0 Å². The summed E-state index contributed by atoms with van der Waals surface area (Å²) in [5, 5.41) is 3.71. The van der Waals surface area contributed by atoms with Crippen molar-refractivity contribution in [3.05, 3.63) is 58.6 Å². The number of hydrogen-bond acceptors (Lipinski definition) is 4. The van der Waals surface area contributed by atoms with E-state index in [0.717, 1.165) is 28.4 Å². The van der Waals surface area contributed by atoms with Crippen LogP contribution >= 0.6 is 23.4 Å². The van der Waals surface area contributed by atoms with Crippen LogP contribution in [-0.2, 0) is 10.5 Å². The first-order chi connectivity index (χ1) is 12.0. The van der Waals surface area contributed by atoms with Crippen LogP contribution in [0.2, 0.25) is 5.02 Å². The molecule has 0 aliphatic heterocycles. The third kappa shape index (κ3) is 5.87. The molecule has 1 amide bonds. The highest BCUT2D eigenvalue weighted by molar-refractivity contribution is 7.99. The molecule has 2 rings (SSSR count). The summed E-state index contributed by atoms with van der Waals surface area (Å²) in [5.74, 6) is 2.55. The molecule has 6 heteroatoms. The van der Waals surface area contributed by atoms with Crippen LogP contribution in [0, 0.1) is 0 Å². The lowest BCUT2D eigenvalue weighted by molar-refractivity contribution is -0.119. The second-order valence-corrected chi connectivity index (χ2v) is 6.94. The van der Waals surface area contributed by atoms with E-state index in [4.69, 9.17) is 21.1 Å². The number of carbonyl (C=O) groups is 1. The minimum absolute atomic E-state index is 0.0237.